The summed E-state index contributed by atoms with van der Waals surface area (Å²) in [6, 6.07) is 25.0. The number of benzene rings is 3. The number of aryl methyl sites for hydroxylation is 1. The van der Waals surface area contributed by atoms with Gasteiger partial charge >= 0.3 is 0 Å². The second kappa shape index (κ2) is 10.5. The summed E-state index contributed by atoms with van der Waals surface area (Å²) in [7, 11) is 0. The van der Waals surface area contributed by atoms with E-state index in [0.717, 1.165) is 41.5 Å². The highest BCUT2D eigenvalue weighted by Gasteiger charge is 2.34. The Labute approximate surface area is 196 Å². The fourth-order valence-electron chi connectivity index (χ4n) is 3.34. The Bertz CT molecular complexity index is 1110. The summed E-state index contributed by atoms with van der Waals surface area (Å²) in [5.74, 6) is 0.502. The molecule has 0 radical (unpaired) electrons. The van der Waals surface area contributed by atoms with Crippen molar-refractivity contribution in [3.05, 3.63) is 105 Å². The Hall–Kier alpha value is -3.02. The van der Waals surface area contributed by atoms with Gasteiger partial charge in [-0.1, -0.05) is 66.2 Å². The number of amides is 2. The summed E-state index contributed by atoms with van der Waals surface area (Å²) < 4.78 is 5.79. The predicted molar refractivity (Wildman–Crippen MR) is 130 cm³/mol. The Morgan fingerprint density at radius 2 is 1.59 bits per heavy atom. The number of rotatable bonds is 8. The molecule has 0 atom stereocenters. The van der Waals surface area contributed by atoms with E-state index in [-0.39, 0.29) is 11.1 Å². The molecule has 3 aromatic carbocycles. The topological polar surface area (TPSA) is 46.6 Å². The molecule has 162 valence electrons. The van der Waals surface area contributed by atoms with E-state index in [1.54, 1.807) is 6.08 Å². The number of carbonyl (C=O) groups is 2. The van der Waals surface area contributed by atoms with Gasteiger partial charge in [-0.15, -0.1) is 0 Å². The number of nitrogens with zero attached hydrogens (tertiary/aromatic N) is 1. The SMILES string of the molecule is O=C1S/C(=C/c2ccc(OCc3ccc(Cl)cc3)cc2)C(=O)N1CCCc1ccccc1. The minimum atomic E-state index is -0.226. The van der Waals surface area contributed by atoms with Gasteiger partial charge in [0.2, 0.25) is 0 Å². The molecule has 1 heterocycles. The molecule has 0 bridgehead atoms. The van der Waals surface area contributed by atoms with Crippen LogP contribution in [0.15, 0.2) is 83.8 Å². The molecule has 1 aliphatic heterocycles. The Morgan fingerprint density at radius 3 is 2.31 bits per heavy atom. The second-order valence-corrected chi connectivity index (χ2v) is 8.84. The number of halogens is 1. The Balaban J connectivity index is 1.32. The van der Waals surface area contributed by atoms with Crippen LogP contribution in [0.1, 0.15) is 23.1 Å². The lowest BCUT2D eigenvalue weighted by atomic mass is 10.1. The van der Waals surface area contributed by atoms with E-state index in [0.29, 0.717) is 23.1 Å². The maximum atomic E-state index is 12.7. The molecule has 3 aromatic rings. The third kappa shape index (κ3) is 5.81. The third-order valence-corrected chi connectivity index (χ3v) is 6.22. The first-order valence-corrected chi connectivity index (χ1v) is 11.5. The van der Waals surface area contributed by atoms with Crippen molar-refractivity contribution in [2.45, 2.75) is 19.4 Å². The van der Waals surface area contributed by atoms with Crippen molar-refractivity contribution in [2.75, 3.05) is 6.54 Å². The van der Waals surface area contributed by atoms with Crippen molar-refractivity contribution in [1.82, 2.24) is 4.90 Å². The monoisotopic (exact) mass is 463 g/mol. The maximum absolute atomic E-state index is 12.7. The fraction of sp³-hybridized carbons (Fsp3) is 0.154. The van der Waals surface area contributed by atoms with Crippen molar-refractivity contribution in [3.8, 4) is 5.75 Å². The Kier molecular flexibility index (Phi) is 7.30. The largest absolute Gasteiger partial charge is 0.489 e. The van der Waals surface area contributed by atoms with Crippen LogP contribution in [0.5, 0.6) is 5.75 Å². The molecule has 0 unspecified atom stereocenters. The molecule has 0 aliphatic carbocycles. The van der Waals surface area contributed by atoms with Gasteiger partial charge in [-0.2, -0.15) is 0 Å². The maximum Gasteiger partial charge on any atom is 0.293 e. The molecule has 0 N–H and O–H groups in total. The third-order valence-electron chi connectivity index (χ3n) is 5.06. The zero-order valence-corrected chi connectivity index (χ0v) is 18.9. The molecule has 4 nitrogen and oxygen atoms in total. The van der Waals surface area contributed by atoms with Crippen molar-refractivity contribution in [2.24, 2.45) is 0 Å². The quantitative estimate of drug-likeness (QED) is 0.353. The van der Waals surface area contributed by atoms with E-state index < -0.39 is 0 Å². The van der Waals surface area contributed by atoms with Gasteiger partial charge in [0.15, 0.2) is 0 Å². The van der Waals surface area contributed by atoms with Gasteiger partial charge in [-0.05, 0) is 71.6 Å². The van der Waals surface area contributed by atoms with Gasteiger partial charge in [0.1, 0.15) is 12.4 Å². The molecule has 2 amide bonds. The van der Waals surface area contributed by atoms with Crippen LogP contribution in [0.25, 0.3) is 6.08 Å². The first-order chi connectivity index (χ1) is 15.6. The molecular formula is C26H22ClNO3S. The normalized spacial score (nSPS) is 14.9. The lowest BCUT2D eigenvalue weighted by molar-refractivity contribution is -0.122. The molecule has 6 heteroatoms. The van der Waals surface area contributed by atoms with E-state index in [1.165, 1.54) is 10.5 Å². The second-order valence-electron chi connectivity index (χ2n) is 7.41. The molecular weight excluding hydrogens is 442 g/mol. The van der Waals surface area contributed by atoms with Gasteiger partial charge < -0.3 is 4.74 Å². The van der Waals surface area contributed by atoms with E-state index in [4.69, 9.17) is 16.3 Å². The van der Waals surface area contributed by atoms with Crippen LogP contribution in [0.3, 0.4) is 0 Å². The van der Waals surface area contributed by atoms with Gasteiger partial charge in [-0.3, -0.25) is 14.5 Å². The van der Waals surface area contributed by atoms with Gasteiger partial charge in [0.05, 0.1) is 4.91 Å². The van der Waals surface area contributed by atoms with Crippen LogP contribution >= 0.6 is 23.4 Å². The average Bonchev–Trinajstić information content (AvgIpc) is 3.08. The Morgan fingerprint density at radius 1 is 0.875 bits per heavy atom. The number of imide groups is 1. The molecule has 1 saturated heterocycles. The van der Waals surface area contributed by atoms with Gasteiger partial charge in [0, 0.05) is 11.6 Å². The lowest BCUT2D eigenvalue weighted by Gasteiger charge is -2.12. The van der Waals surface area contributed by atoms with E-state index in [2.05, 4.69) is 12.1 Å². The molecule has 1 fully saturated rings. The van der Waals surface area contributed by atoms with E-state index >= 15 is 0 Å². The summed E-state index contributed by atoms with van der Waals surface area (Å²) in [5.41, 5.74) is 3.08. The first kappa shape index (κ1) is 22.2. The van der Waals surface area contributed by atoms with Crippen molar-refractivity contribution < 1.29 is 14.3 Å². The summed E-state index contributed by atoms with van der Waals surface area (Å²) in [6.07, 6.45) is 3.33. The van der Waals surface area contributed by atoms with Gasteiger partial charge in [-0.25, -0.2) is 0 Å². The number of carbonyl (C=O) groups excluding carboxylic acids is 2. The molecule has 32 heavy (non-hydrogen) atoms. The molecule has 0 saturated carbocycles. The number of thioether (sulfide) groups is 1. The van der Waals surface area contributed by atoms with Crippen LogP contribution in [0.4, 0.5) is 4.79 Å². The minimum Gasteiger partial charge on any atom is -0.489 e. The van der Waals surface area contributed by atoms with Crippen LogP contribution in [-0.4, -0.2) is 22.6 Å². The number of ether oxygens (including phenoxy) is 1. The van der Waals surface area contributed by atoms with Gasteiger partial charge in [0.25, 0.3) is 11.1 Å². The highest BCUT2D eigenvalue weighted by atomic mass is 35.5. The average molecular weight is 464 g/mol. The summed E-state index contributed by atoms with van der Waals surface area (Å²) >= 11 is 6.89. The predicted octanol–water partition coefficient (Wildman–Crippen LogP) is 6.59. The highest BCUT2D eigenvalue weighted by molar-refractivity contribution is 8.18. The van der Waals surface area contributed by atoms with Crippen molar-refractivity contribution in [3.63, 3.8) is 0 Å². The molecule has 0 aromatic heterocycles. The summed E-state index contributed by atoms with van der Waals surface area (Å²) in [5, 5.41) is 0.482. The van der Waals surface area contributed by atoms with Crippen LogP contribution in [0.2, 0.25) is 5.02 Å². The molecule has 4 rings (SSSR count). The zero-order chi connectivity index (χ0) is 22.3. The fourth-order valence-corrected chi connectivity index (χ4v) is 4.33. The van der Waals surface area contributed by atoms with Crippen LogP contribution < -0.4 is 4.74 Å². The van der Waals surface area contributed by atoms with E-state index in [9.17, 15) is 9.59 Å². The highest BCUT2D eigenvalue weighted by Crippen LogP contribution is 2.32. The lowest BCUT2D eigenvalue weighted by Crippen LogP contribution is -2.29. The van der Waals surface area contributed by atoms with Crippen molar-refractivity contribution >= 4 is 40.6 Å². The van der Waals surface area contributed by atoms with E-state index in [1.807, 2.05) is 66.7 Å². The standard InChI is InChI=1S/C26H22ClNO3S/c27-22-12-8-21(9-13-22)18-31-23-14-10-20(11-15-23)17-24-25(29)28(26(30)32-24)16-4-7-19-5-2-1-3-6-19/h1-3,5-6,8-15,17H,4,7,16,18H2/b24-17+. The molecule has 1 aliphatic rings. The van der Waals surface area contributed by atoms with Crippen LogP contribution in [-0.2, 0) is 17.8 Å². The summed E-state index contributed by atoms with van der Waals surface area (Å²) in [4.78, 5) is 26.8. The zero-order valence-electron chi connectivity index (χ0n) is 17.4. The van der Waals surface area contributed by atoms with Crippen molar-refractivity contribution in [1.29, 1.82) is 0 Å². The first-order valence-electron chi connectivity index (χ1n) is 10.3. The molecule has 0 spiro atoms. The van der Waals surface area contributed by atoms with Crippen LogP contribution in [0, 0.1) is 0 Å². The number of hydrogen-bond acceptors (Lipinski definition) is 4. The smallest absolute Gasteiger partial charge is 0.293 e. The summed E-state index contributed by atoms with van der Waals surface area (Å²) in [6.45, 7) is 0.868. The number of hydrogen-bond donors (Lipinski definition) is 0. The minimum absolute atomic E-state index is 0.211.